The zero-order valence-electron chi connectivity index (χ0n) is 16.0. The van der Waals surface area contributed by atoms with E-state index < -0.39 is 0 Å². The number of rotatable bonds is 0. The minimum atomic E-state index is -0.160. The highest BCUT2D eigenvalue weighted by Gasteiger charge is 2.45. The van der Waals surface area contributed by atoms with Gasteiger partial charge in [0.2, 0.25) is 5.78 Å². The van der Waals surface area contributed by atoms with E-state index in [0.29, 0.717) is 6.17 Å². The van der Waals surface area contributed by atoms with Gasteiger partial charge in [-0.2, -0.15) is 0 Å². The van der Waals surface area contributed by atoms with Crippen molar-refractivity contribution in [3.63, 3.8) is 0 Å². The summed E-state index contributed by atoms with van der Waals surface area (Å²) in [5.41, 5.74) is 8.69. The Bertz CT molecular complexity index is 1090. The average Bonchev–Trinajstić information content (AvgIpc) is 3.12. The fraction of sp³-hybridized carbons (Fsp3) is 0.450. The quantitative estimate of drug-likeness (QED) is 0.624. The number of aromatic nitrogens is 3. The van der Waals surface area contributed by atoms with Crippen LogP contribution in [0.4, 0.5) is 5.69 Å². The second-order valence-electron chi connectivity index (χ2n) is 8.09. The highest BCUT2D eigenvalue weighted by molar-refractivity contribution is 5.97. The first-order valence-electron chi connectivity index (χ1n) is 8.98. The molecule has 4 heterocycles. The molecule has 3 aromatic rings. The third-order valence-corrected chi connectivity index (χ3v) is 6.30. The van der Waals surface area contributed by atoms with Crippen molar-refractivity contribution in [2.75, 3.05) is 11.9 Å². The lowest BCUT2D eigenvalue weighted by atomic mass is 9.94. The van der Waals surface area contributed by atoms with E-state index in [1.54, 1.807) is 0 Å². The van der Waals surface area contributed by atoms with Crippen LogP contribution < -0.4 is 4.90 Å². The van der Waals surface area contributed by atoms with Crippen molar-refractivity contribution in [3.8, 4) is 0 Å². The van der Waals surface area contributed by atoms with E-state index in [4.69, 9.17) is 4.98 Å². The summed E-state index contributed by atoms with van der Waals surface area (Å²) >= 11 is 0. The van der Waals surface area contributed by atoms with Gasteiger partial charge in [-0.1, -0.05) is 6.07 Å². The molecular weight excluding hydrogens is 310 g/mol. The first-order chi connectivity index (χ1) is 11.7. The maximum Gasteiger partial charge on any atom is 0.216 e. The Labute approximate surface area is 148 Å². The topological polar surface area (TPSA) is 28.7 Å². The van der Waals surface area contributed by atoms with Gasteiger partial charge >= 0.3 is 0 Å². The standard InChI is InChI=1S/C20H25N5/c1-11-8-9-15-18-17(11)24-14(4)22(7)10-16(24)20(5,6)25(18)19-21-12(2)13(3)23(15)19/h8-10,14H,1-7H3/t14-/m0/s1. The summed E-state index contributed by atoms with van der Waals surface area (Å²) in [7, 11) is 2.16. The van der Waals surface area contributed by atoms with Gasteiger partial charge in [-0.15, -0.1) is 0 Å². The average molecular weight is 335 g/mol. The first-order valence-corrected chi connectivity index (χ1v) is 8.98. The Balaban J connectivity index is 2.06. The van der Waals surface area contributed by atoms with Crippen LogP contribution in [0.3, 0.4) is 0 Å². The lowest BCUT2D eigenvalue weighted by Crippen LogP contribution is -2.45. The second-order valence-corrected chi connectivity index (χ2v) is 8.09. The molecule has 1 atom stereocenters. The number of hydrogen-bond donors (Lipinski definition) is 0. The van der Waals surface area contributed by atoms with E-state index in [-0.39, 0.29) is 5.54 Å². The molecule has 0 amide bonds. The van der Waals surface area contributed by atoms with Crippen LogP contribution in [0, 0.1) is 20.8 Å². The first kappa shape index (κ1) is 14.9. The zero-order chi connectivity index (χ0) is 17.8. The van der Waals surface area contributed by atoms with Gasteiger partial charge in [0.05, 0.1) is 33.7 Å². The smallest absolute Gasteiger partial charge is 0.216 e. The van der Waals surface area contributed by atoms with E-state index in [9.17, 15) is 0 Å². The maximum absolute atomic E-state index is 4.94. The predicted molar refractivity (Wildman–Crippen MR) is 102 cm³/mol. The lowest BCUT2D eigenvalue weighted by molar-refractivity contribution is 0.371. The Morgan fingerprint density at radius 2 is 1.84 bits per heavy atom. The molecule has 0 unspecified atom stereocenters. The molecule has 1 aromatic carbocycles. The molecule has 5 rings (SSSR count). The van der Waals surface area contributed by atoms with Crippen LogP contribution in [0.15, 0.2) is 24.0 Å². The minimum absolute atomic E-state index is 0.160. The van der Waals surface area contributed by atoms with Crippen LogP contribution in [0.5, 0.6) is 0 Å². The van der Waals surface area contributed by atoms with Gasteiger partial charge in [0, 0.05) is 18.9 Å². The van der Waals surface area contributed by atoms with Crippen molar-refractivity contribution in [3.05, 3.63) is 41.0 Å². The largest absolute Gasteiger partial charge is 0.359 e. The summed E-state index contributed by atoms with van der Waals surface area (Å²) in [6, 6.07) is 4.50. The molecule has 5 heteroatoms. The zero-order valence-corrected chi connectivity index (χ0v) is 16.0. The van der Waals surface area contributed by atoms with Gasteiger partial charge in [-0.3, -0.25) is 8.97 Å². The molecule has 0 saturated carbocycles. The normalized spacial score (nSPS) is 21.4. The third-order valence-electron chi connectivity index (χ3n) is 6.30. The van der Waals surface area contributed by atoms with Crippen molar-refractivity contribution in [1.82, 2.24) is 18.9 Å². The summed E-state index contributed by atoms with van der Waals surface area (Å²) in [6.07, 6.45) is 2.61. The number of anilines is 1. The van der Waals surface area contributed by atoms with Gasteiger partial charge in [0.15, 0.2) is 0 Å². The summed E-state index contributed by atoms with van der Waals surface area (Å²) in [4.78, 5) is 9.76. The molecule has 130 valence electrons. The Hall–Kier alpha value is -2.43. The molecule has 0 fully saturated rings. The van der Waals surface area contributed by atoms with Crippen LogP contribution in [0.2, 0.25) is 0 Å². The molecule has 2 aliphatic heterocycles. The number of hydrogen-bond acceptors (Lipinski definition) is 3. The molecule has 25 heavy (non-hydrogen) atoms. The molecule has 0 radical (unpaired) electrons. The third kappa shape index (κ3) is 1.49. The summed E-state index contributed by atoms with van der Waals surface area (Å²) in [6.45, 7) is 13.4. The molecule has 0 N–H and O–H groups in total. The summed E-state index contributed by atoms with van der Waals surface area (Å²) in [5.74, 6) is 1.05. The predicted octanol–water partition coefficient (Wildman–Crippen LogP) is 3.90. The number of fused-ring (bicyclic) bond motifs is 5. The van der Waals surface area contributed by atoms with Gasteiger partial charge in [-0.25, -0.2) is 4.98 Å². The highest BCUT2D eigenvalue weighted by Crippen LogP contribution is 2.49. The van der Waals surface area contributed by atoms with Crippen LogP contribution in [-0.2, 0) is 5.54 Å². The Morgan fingerprint density at radius 1 is 1.12 bits per heavy atom. The number of aryl methyl sites for hydroxylation is 3. The van der Waals surface area contributed by atoms with E-state index in [2.05, 4.69) is 85.7 Å². The summed E-state index contributed by atoms with van der Waals surface area (Å²) < 4.78 is 4.77. The highest BCUT2D eigenvalue weighted by atomic mass is 15.4. The number of benzene rings is 1. The number of imidazole rings is 2. The Kier molecular flexibility index (Phi) is 2.50. The van der Waals surface area contributed by atoms with Crippen molar-refractivity contribution in [2.24, 2.45) is 0 Å². The monoisotopic (exact) mass is 335 g/mol. The van der Waals surface area contributed by atoms with Crippen LogP contribution >= 0.6 is 0 Å². The Morgan fingerprint density at radius 3 is 2.56 bits per heavy atom. The molecule has 0 aliphatic carbocycles. The minimum Gasteiger partial charge on any atom is -0.359 e. The fourth-order valence-corrected chi connectivity index (χ4v) is 4.66. The van der Waals surface area contributed by atoms with Crippen molar-refractivity contribution >= 4 is 22.5 Å². The SMILES string of the molecule is Cc1ccc2c3c1N1C(=CN(C)[C@@H]1C)C(C)(C)n3c1nc(C)c(C)n21. The molecule has 0 spiro atoms. The molecule has 2 aromatic heterocycles. The van der Waals surface area contributed by atoms with Gasteiger partial charge in [-0.05, 0) is 53.2 Å². The van der Waals surface area contributed by atoms with Crippen LogP contribution in [0.25, 0.3) is 16.8 Å². The van der Waals surface area contributed by atoms with E-state index in [0.717, 1.165) is 11.5 Å². The lowest BCUT2D eigenvalue weighted by Gasteiger charge is -2.43. The fourth-order valence-electron chi connectivity index (χ4n) is 4.66. The van der Waals surface area contributed by atoms with Gasteiger partial charge < -0.3 is 9.80 Å². The second kappa shape index (κ2) is 4.21. The number of allylic oxidation sites excluding steroid dienone is 1. The number of nitrogens with zero attached hydrogens (tertiary/aromatic N) is 5. The van der Waals surface area contributed by atoms with E-state index >= 15 is 0 Å². The molecule has 5 nitrogen and oxygen atoms in total. The maximum atomic E-state index is 4.94. The van der Waals surface area contributed by atoms with Crippen molar-refractivity contribution in [2.45, 2.75) is 53.2 Å². The van der Waals surface area contributed by atoms with E-state index in [1.165, 1.54) is 33.7 Å². The van der Waals surface area contributed by atoms with Crippen LogP contribution in [0.1, 0.15) is 37.7 Å². The molecule has 0 bridgehead atoms. The van der Waals surface area contributed by atoms with Crippen LogP contribution in [-0.4, -0.2) is 32.1 Å². The van der Waals surface area contributed by atoms with Crippen molar-refractivity contribution in [1.29, 1.82) is 0 Å². The summed E-state index contributed by atoms with van der Waals surface area (Å²) in [5, 5.41) is 0. The molecular formula is C20H25N5. The molecule has 2 aliphatic rings. The van der Waals surface area contributed by atoms with Gasteiger partial charge in [0.25, 0.3) is 0 Å². The van der Waals surface area contributed by atoms with Gasteiger partial charge in [0.1, 0.15) is 6.17 Å². The van der Waals surface area contributed by atoms with E-state index in [1.807, 2.05) is 0 Å². The molecule has 0 saturated heterocycles. The van der Waals surface area contributed by atoms with Crippen molar-refractivity contribution < 1.29 is 0 Å².